The van der Waals surface area contributed by atoms with Gasteiger partial charge in [0.1, 0.15) is 4.88 Å². The van der Waals surface area contributed by atoms with E-state index in [1.165, 1.54) is 11.3 Å². The molecule has 94 valence electrons. The van der Waals surface area contributed by atoms with Crippen LogP contribution in [0.1, 0.15) is 22.3 Å². The molecule has 0 aromatic carbocycles. The first kappa shape index (κ1) is 12.5. The highest BCUT2D eigenvalue weighted by Gasteiger charge is 2.28. The molecule has 1 aromatic rings. The normalized spacial score (nSPS) is 22.5. The van der Waals surface area contributed by atoms with Crippen molar-refractivity contribution in [1.82, 2.24) is 9.88 Å². The van der Waals surface area contributed by atoms with E-state index in [4.69, 9.17) is 10.5 Å². The molecular formula is C11H17N3O2S. The Morgan fingerprint density at radius 3 is 3.12 bits per heavy atom. The Morgan fingerprint density at radius 2 is 2.53 bits per heavy atom. The molecule has 6 heteroatoms. The van der Waals surface area contributed by atoms with E-state index in [2.05, 4.69) is 4.98 Å². The third kappa shape index (κ3) is 2.65. The number of aromatic nitrogens is 1. The van der Waals surface area contributed by atoms with Crippen molar-refractivity contribution in [2.24, 2.45) is 5.73 Å². The number of ether oxygens (including phenoxy) is 1. The van der Waals surface area contributed by atoms with Crippen molar-refractivity contribution >= 4 is 17.2 Å². The van der Waals surface area contributed by atoms with Gasteiger partial charge in [-0.25, -0.2) is 4.98 Å². The first-order valence-electron chi connectivity index (χ1n) is 5.66. The van der Waals surface area contributed by atoms with Gasteiger partial charge in [0.05, 0.1) is 23.9 Å². The van der Waals surface area contributed by atoms with Gasteiger partial charge in [-0.3, -0.25) is 4.79 Å². The molecule has 0 bridgehead atoms. The van der Waals surface area contributed by atoms with Crippen molar-refractivity contribution in [1.29, 1.82) is 0 Å². The Kier molecular flexibility index (Phi) is 3.76. The highest BCUT2D eigenvalue weighted by Crippen LogP contribution is 2.17. The first-order chi connectivity index (χ1) is 8.09. The molecule has 1 aromatic heterocycles. The topological polar surface area (TPSA) is 68.5 Å². The van der Waals surface area contributed by atoms with Crippen molar-refractivity contribution < 1.29 is 9.53 Å². The molecule has 17 heavy (non-hydrogen) atoms. The molecule has 1 aliphatic heterocycles. The number of thiazole rings is 1. The molecule has 2 atom stereocenters. The lowest BCUT2D eigenvalue weighted by molar-refractivity contribution is -0.0298. The van der Waals surface area contributed by atoms with Gasteiger partial charge in [0.25, 0.3) is 5.91 Å². The lowest BCUT2D eigenvalue weighted by Gasteiger charge is -2.34. The Bertz CT molecular complexity index is 405. The highest BCUT2D eigenvalue weighted by molar-refractivity contribution is 7.11. The average Bonchev–Trinajstić information content (AvgIpc) is 2.74. The molecule has 0 saturated carbocycles. The van der Waals surface area contributed by atoms with Crippen molar-refractivity contribution in [2.75, 3.05) is 19.7 Å². The van der Waals surface area contributed by atoms with E-state index in [0.717, 1.165) is 10.6 Å². The maximum absolute atomic E-state index is 12.2. The number of hydrogen-bond acceptors (Lipinski definition) is 5. The number of morpholine rings is 1. The second kappa shape index (κ2) is 5.12. The molecule has 1 aliphatic rings. The van der Waals surface area contributed by atoms with Gasteiger partial charge in [0.15, 0.2) is 0 Å². The summed E-state index contributed by atoms with van der Waals surface area (Å²) < 4.78 is 5.54. The summed E-state index contributed by atoms with van der Waals surface area (Å²) in [6, 6.07) is -0.0619. The Morgan fingerprint density at radius 1 is 1.76 bits per heavy atom. The van der Waals surface area contributed by atoms with Crippen molar-refractivity contribution in [2.45, 2.75) is 26.0 Å². The third-order valence-corrected chi connectivity index (χ3v) is 3.82. The van der Waals surface area contributed by atoms with Gasteiger partial charge in [0, 0.05) is 19.1 Å². The van der Waals surface area contributed by atoms with Gasteiger partial charge in [0.2, 0.25) is 0 Å². The summed E-state index contributed by atoms with van der Waals surface area (Å²) in [5.74, 6) is 0.0407. The molecule has 5 nitrogen and oxygen atoms in total. The van der Waals surface area contributed by atoms with Crippen LogP contribution in [0.3, 0.4) is 0 Å². The summed E-state index contributed by atoms with van der Waals surface area (Å²) in [5, 5.41) is 0. The number of nitrogens with zero attached hydrogens (tertiary/aromatic N) is 2. The fraction of sp³-hybridized carbons (Fsp3) is 0.636. The number of carbonyl (C=O) groups excluding carboxylic acids is 1. The fourth-order valence-corrected chi connectivity index (χ4v) is 2.60. The number of carbonyl (C=O) groups is 1. The Hall–Kier alpha value is -0.980. The molecule has 0 radical (unpaired) electrons. The second-order valence-electron chi connectivity index (χ2n) is 4.29. The van der Waals surface area contributed by atoms with Crippen molar-refractivity contribution in [3.8, 4) is 0 Å². The predicted molar refractivity (Wildman–Crippen MR) is 66.1 cm³/mol. The molecule has 2 unspecified atom stereocenters. The van der Waals surface area contributed by atoms with Gasteiger partial charge in [-0.15, -0.1) is 11.3 Å². The van der Waals surface area contributed by atoms with Crippen LogP contribution in [0.2, 0.25) is 0 Å². The Balaban J connectivity index is 2.07. The maximum atomic E-state index is 12.2. The molecular weight excluding hydrogens is 238 g/mol. The minimum absolute atomic E-state index is 0.0407. The van der Waals surface area contributed by atoms with Gasteiger partial charge in [-0.05, 0) is 13.8 Å². The number of hydrogen-bond donors (Lipinski definition) is 1. The minimum atomic E-state index is -0.0686. The lowest BCUT2D eigenvalue weighted by atomic mass is 10.1. The lowest BCUT2D eigenvalue weighted by Crippen LogP contribution is -2.51. The Labute approximate surface area is 105 Å². The largest absolute Gasteiger partial charge is 0.373 e. The van der Waals surface area contributed by atoms with Crippen LogP contribution in [0.25, 0.3) is 0 Å². The number of rotatable bonds is 2. The zero-order valence-electron chi connectivity index (χ0n) is 10.0. The van der Waals surface area contributed by atoms with Crippen LogP contribution in [0.4, 0.5) is 0 Å². The van der Waals surface area contributed by atoms with Gasteiger partial charge in [-0.1, -0.05) is 0 Å². The standard InChI is InChI=1S/C11H17N3O2S/c1-7(12)9-5-14(3-4-16-9)11(15)10-8(2)13-6-17-10/h6-7,9H,3-5,12H2,1-2H3. The fourth-order valence-electron chi connectivity index (χ4n) is 1.83. The summed E-state index contributed by atoms with van der Waals surface area (Å²) in [6.45, 7) is 5.49. The van der Waals surface area contributed by atoms with E-state index in [-0.39, 0.29) is 18.1 Å². The summed E-state index contributed by atoms with van der Waals surface area (Å²) in [4.78, 5) is 18.9. The zero-order valence-corrected chi connectivity index (χ0v) is 10.9. The van der Waals surface area contributed by atoms with Crippen LogP contribution in [-0.2, 0) is 4.74 Å². The smallest absolute Gasteiger partial charge is 0.266 e. The molecule has 0 spiro atoms. The van der Waals surface area contributed by atoms with E-state index >= 15 is 0 Å². The molecule has 1 amide bonds. The van der Waals surface area contributed by atoms with E-state index in [9.17, 15) is 4.79 Å². The van der Waals surface area contributed by atoms with Crippen LogP contribution >= 0.6 is 11.3 Å². The summed E-state index contributed by atoms with van der Waals surface area (Å²) >= 11 is 1.39. The number of amides is 1. The van der Waals surface area contributed by atoms with E-state index in [1.54, 1.807) is 10.4 Å². The van der Waals surface area contributed by atoms with Gasteiger partial charge >= 0.3 is 0 Å². The van der Waals surface area contributed by atoms with Crippen molar-refractivity contribution in [3.63, 3.8) is 0 Å². The minimum Gasteiger partial charge on any atom is -0.373 e. The number of nitrogens with two attached hydrogens (primary N) is 1. The van der Waals surface area contributed by atoms with Crippen LogP contribution < -0.4 is 5.73 Å². The zero-order chi connectivity index (χ0) is 12.4. The van der Waals surface area contributed by atoms with Crippen LogP contribution in [0.15, 0.2) is 5.51 Å². The monoisotopic (exact) mass is 255 g/mol. The summed E-state index contributed by atoms with van der Waals surface area (Å²) in [7, 11) is 0. The number of aryl methyl sites for hydroxylation is 1. The molecule has 0 aliphatic carbocycles. The molecule has 1 saturated heterocycles. The van der Waals surface area contributed by atoms with Gasteiger partial charge in [-0.2, -0.15) is 0 Å². The molecule has 2 rings (SSSR count). The van der Waals surface area contributed by atoms with E-state index in [0.29, 0.717) is 19.7 Å². The van der Waals surface area contributed by atoms with Crippen LogP contribution in [0.5, 0.6) is 0 Å². The van der Waals surface area contributed by atoms with Crippen LogP contribution in [0, 0.1) is 6.92 Å². The van der Waals surface area contributed by atoms with Crippen LogP contribution in [-0.4, -0.2) is 47.6 Å². The second-order valence-corrected chi connectivity index (χ2v) is 5.14. The third-order valence-electron chi connectivity index (χ3n) is 2.91. The first-order valence-corrected chi connectivity index (χ1v) is 6.54. The van der Waals surface area contributed by atoms with Crippen molar-refractivity contribution in [3.05, 3.63) is 16.1 Å². The highest BCUT2D eigenvalue weighted by atomic mass is 32.1. The van der Waals surface area contributed by atoms with E-state index in [1.807, 2.05) is 13.8 Å². The van der Waals surface area contributed by atoms with Gasteiger partial charge < -0.3 is 15.4 Å². The average molecular weight is 255 g/mol. The quantitative estimate of drug-likeness (QED) is 0.842. The molecule has 2 heterocycles. The predicted octanol–water partition coefficient (Wildman–Crippen LogP) is 0.640. The summed E-state index contributed by atoms with van der Waals surface area (Å²) in [5.41, 5.74) is 8.30. The molecule has 1 fully saturated rings. The molecule has 2 N–H and O–H groups in total. The maximum Gasteiger partial charge on any atom is 0.266 e. The van der Waals surface area contributed by atoms with E-state index < -0.39 is 0 Å². The summed E-state index contributed by atoms with van der Waals surface area (Å²) in [6.07, 6.45) is -0.0686. The SMILES string of the molecule is Cc1ncsc1C(=O)N1CCOC(C(C)N)C1.